The summed E-state index contributed by atoms with van der Waals surface area (Å²) in [4.78, 5) is 5.02. The summed E-state index contributed by atoms with van der Waals surface area (Å²) in [6.07, 6.45) is 0. The normalized spacial score (nSPS) is 11.9. The van der Waals surface area contributed by atoms with Crippen LogP contribution in [0.15, 0.2) is 180 Å². The molecule has 11 rings (SSSR count). The summed E-state index contributed by atoms with van der Waals surface area (Å²) in [6, 6.07) is 62.4. The highest BCUT2D eigenvalue weighted by atomic mass is 16.3. The van der Waals surface area contributed by atoms with Gasteiger partial charge in [-0.2, -0.15) is 0 Å². The molecular weight excluding hydrogens is 623 g/mol. The van der Waals surface area contributed by atoms with Crippen molar-refractivity contribution in [3.05, 3.63) is 176 Å². The molecular formula is C47H29N3O. The molecule has 0 amide bonds. The fourth-order valence-electron chi connectivity index (χ4n) is 7.98. The number of rotatable bonds is 4. The molecule has 11 aromatic rings. The second-order valence-corrected chi connectivity index (χ2v) is 13.2. The van der Waals surface area contributed by atoms with E-state index < -0.39 is 0 Å². The van der Waals surface area contributed by atoms with Crippen molar-refractivity contribution in [2.24, 2.45) is 0 Å². The monoisotopic (exact) mass is 651 g/mol. The number of aromatic nitrogens is 3. The number of nitrogens with zero attached hydrogens (tertiary/aromatic N) is 3. The molecule has 238 valence electrons. The maximum absolute atomic E-state index is 6.40. The highest BCUT2D eigenvalue weighted by Crippen LogP contribution is 2.42. The van der Waals surface area contributed by atoms with E-state index in [-0.39, 0.29) is 0 Å². The third kappa shape index (κ3) is 4.23. The highest BCUT2D eigenvalue weighted by Gasteiger charge is 2.20. The summed E-state index contributed by atoms with van der Waals surface area (Å²) >= 11 is 0. The molecule has 0 aliphatic carbocycles. The minimum absolute atomic E-state index is 0.905. The predicted molar refractivity (Wildman–Crippen MR) is 211 cm³/mol. The molecule has 0 aliphatic rings. The maximum atomic E-state index is 6.40. The van der Waals surface area contributed by atoms with Crippen LogP contribution in [0.25, 0.3) is 99.4 Å². The van der Waals surface area contributed by atoms with Crippen LogP contribution in [0.5, 0.6) is 0 Å². The lowest BCUT2D eigenvalue weighted by Crippen LogP contribution is -1.96. The van der Waals surface area contributed by atoms with Crippen molar-refractivity contribution in [1.82, 2.24) is 14.1 Å². The fraction of sp³-hybridized carbons (Fsp3) is 0. The van der Waals surface area contributed by atoms with Gasteiger partial charge in [0.05, 0.1) is 33.5 Å². The lowest BCUT2D eigenvalue weighted by Gasteiger charge is -2.11. The van der Waals surface area contributed by atoms with Crippen molar-refractivity contribution in [3.8, 4) is 33.9 Å². The Labute approximate surface area is 293 Å². The van der Waals surface area contributed by atoms with E-state index in [4.69, 9.17) is 9.40 Å². The van der Waals surface area contributed by atoms with Crippen LogP contribution in [-0.2, 0) is 0 Å². The van der Waals surface area contributed by atoms with Crippen molar-refractivity contribution in [2.45, 2.75) is 0 Å². The molecule has 0 aliphatic heterocycles. The van der Waals surface area contributed by atoms with E-state index in [0.29, 0.717) is 0 Å². The van der Waals surface area contributed by atoms with Gasteiger partial charge in [-0.1, -0.05) is 103 Å². The summed E-state index contributed by atoms with van der Waals surface area (Å²) < 4.78 is 11.2. The van der Waals surface area contributed by atoms with Gasteiger partial charge < -0.3 is 13.6 Å². The van der Waals surface area contributed by atoms with Gasteiger partial charge in [-0.05, 0) is 72.8 Å². The number of hydrogen-bond donors (Lipinski definition) is 0. The third-order valence-electron chi connectivity index (χ3n) is 10.3. The molecule has 0 atom stereocenters. The van der Waals surface area contributed by atoms with Gasteiger partial charge in [0.1, 0.15) is 11.2 Å². The van der Waals surface area contributed by atoms with E-state index in [2.05, 4.69) is 167 Å². The molecule has 0 spiro atoms. The number of pyridine rings is 1. The fourth-order valence-corrected chi connectivity index (χ4v) is 7.98. The van der Waals surface area contributed by atoms with E-state index in [1.165, 1.54) is 27.1 Å². The Hall–Kier alpha value is -6.91. The minimum atomic E-state index is 0.905. The molecule has 0 bridgehead atoms. The summed E-state index contributed by atoms with van der Waals surface area (Å²) in [6.45, 7) is 0. The molecule has 4 aromatic heterocycles. The quantitative estimate of drug-likeness (QED) is 0.190. The molecule has 0 fully saturated rings. The Morgan fingerprint density at radius 1 is 0.333 bits per heavy atom. The first kappa shape index (κ1) is 28.0. The van der Waals surface area contributed by atoms with Gasteiger partial charge in [0.25, 0.3) is 0 Å². The van der Waals surface area contributed by atoms with Crippen molar-refractivity contribution in [1.29, 1.82) is 0 Å². The van der Waals surface area contributed by atoms with E-state index in [0.717, 1.165) is 72.4 Å². The largest absolute Gasteiger partial charge is 0.456 e. The van der Waals surface area contributed by atoms with Gasteiger partial charge in [0.15, 0.2) is 0 Å². The number of fused-ring (bicyclic) bond motifs is 9. The van der Waals surface area contributed by atoms with Crippen molar-refractivity contribution < 1.29 is 4.42 Å². The number of hydrogen-bond acceptors (Lipinski definition) is 2. The molecule has 0 saturated heterocycles. The van der Waals surface area contributed by atoms with Crippen molar-refractivity contribution >= 4 is 65.6 Å². The first-order valence-electron chi connectivity index (χ1n) is 17.3. The molecule has 0 radical (unpaired) electrons. The molecule has 0 unspecified atom stereocenters. The van der Waals surface area contributed by atoms with Crippen LogP contribution in [0.1, 0.15) is 0 Å². The smallest absolute Gasteiger partial charge is 0.136 e. The third-order valence-corrected chi connectivity index (χ3v) is 10.3. The Morgan fingerprint density at radius 2 is 0.902 bits per heavy atom. The van der Waals surface area contributed by atoms with Crippen LogP contribution < -0.4 is 0 Å². The Morgan fingerprint density at radius 3 is 1.69 bits per heavy atom. The Balaban J connectivity index is 1.15. The van der Waals surface area contributed by atoms with Crippen LogP contribution >= 0.6 is 0 Å². The predicted octanol–water partition coefficient (Wildman–Crippen LogP) is 12.5. The number of para-hydroxylation sites is 3. The number of furan rings is 1. The zero-order valence-electron chi connectivity index (χ0n) is 27.5. The van der Waals surface area contributed by atoms with Crippen molar-refractivity contribution in [2.75, 3.05) is 0 Å². The Kier molecular flexibility index (Phi) is 5.92. The molecule has 7 aromatic carbocycles. The second kappa shape index (κ2) is 10.8. The van der Waals surface area contributed by atoms with Gasteiger partial charge in [-0.25, -0.2) is 4.98 Å². The molecule has 4 nitrogen and oxygen atoms in total. The zero-order valence-corrected chi connectivity index (χ0v) is 27.5. The average molecular weight is 652 g/mol. The van der Waals surface area contributed by atoms with E-state index in [1.54, 1.807) is 0 Å². The van der Waals surface area contributed by atoms with Crippen LogP contribution in [0.4, 0.5) is 0 Å². The summed E-state index contributed by atoms with van der Waals surface area (Å²) in [5, 5.41) is 7.08. The van der Waals surface area contributed by atoms with Crippen LogP contribution in [0.3, 0.4) is 0 Å². The van der Waals surface area contributed by atoms with Gasteiger partial charge in [-0.3, -0.25) is 0 Å². The van der Waals surface area contributed by atoms with Gasteiger partial charge in [-0.15, -0.1) is 0 Å². The van der Waals surface area contributed by atoms with E-state index in [9.17, 15) is 0 Å². The Bertz CT molecular complexity index is 3110. The topological polar surface area (TPSA) is 35.9 Å². The van der Waals surface area contributed by atoms with Crippen LogP contribution in [0.2, 0.25) is 0 Å². The SMILES string of the molecule is c1ccc(-c2cccc(-c3ccc(-n4c5ccccc5c5cc6c7cc8oc9ccccc9c8cc7n(-c7ccccc7)c6cc54)cc3)n2)cc1. The first-order valence-corrected chi connectivity index (χ1v) is 17.3. The van der Waals surface area contributed by atoms with E-state index in [1.807, 2.05) is 18.2 Å². The molecule has 51 heavy (non-hydrogen) atoms. The summed E-state index contributed by atoms with van der Waals surface area (Å²) in [5.41, 5.74) is 12.8. The standard InChI is InChI=1S/C47H29N3O/c1-3-12-30(13-4-1)40-18-11-19-41(48-40)31-22-24-33(25-23-31)49-42-20-9-7-16-34(42)36-26-37-38-28-47-39(35-17-8-10-21-46(35)51-47)27-43(38)50(45(37)29-44(36)49)32-14-5-2-6-15-32/h1-29H. The van der Waals surface area contributed by atoms with Gasteiger partial charge >= 0.3 is 0 Å². The first-order chi connectivity index (χ1) is 25.3. The minimum Gasteiger partial charge on any atom is -0.456 e. The van der Waals surface area contributed by atoms with Crippen molar-refractivity contribution in [3.63, 3.8) is 0 Å². The summed E-state index contributed by atoms with van der Waals surface area (Å²) in [5.74, 6) is 0. The highest BCUT2D eigenvalue weighted by molar-refractivity contribution is 6.22. The molecule has 0 saturated carbocycles. The second-order valence-electron chi connectivity index (χ2n) is 13.2. The van der Waals surface area contributed by atoms with Gasteiger partial charge in [0.2, 0.25) is 0 Å². The lowest BCUT2D eigenvalue weighted by atomic mass is 10.1. The lowest BCUT2D eigenvalue weighted by molar-refractivity contribution is 0.669. The van der Waals surface area contributed by atoms with E-state index >= 15 is 0 Å². The zero-order chi connectivity index (χ0) is 33.5. The molecule has 4 heteroatoms. The van der Waals surface area contributed by atoms with Crippen LogP contribution in [-0.4, -0.2) is 14.1 Å². The van der Waals surface area contributed by atoms with Gasteiger partial charge in [0, 0.05) is 54.8 Å². The molecule has 4 heterocycles. The number of benzene rings is 7. The molecule has 0 N–H and O–H groups in total. The summed E-state index contributed by atoms with van der Waals surface area (Å²) in [7, 11) is 0. The maximum Gasteiger partial charge on any atom is 0.136 e. The average Bonchev–Trinajstić information content (AvgIpc) is 3.83. The van der Waals surface area contributed by atoms with Crippen LogP contribution in [0, 0.1) is 0 Å².